The fourth-order valence-corrected chi connectivity index (χ4v) is 3.15. The van der Waals surface area contributed by atoms with E-state index < -0.39 is 11.9 Å². The minimum absolute atomic E-state index is 0.0237. The summed E-state index contributed by atoms with van der Waals surface area (Å²) in [5, 5.41) is 9.51. The van der Waals surface area contributed by atoms with Gasteiger partial charge in [0, 0.05) is 18.2 Å². The molecule has 1 fully saturated rings. The van der Waals surface area contributed by atoms with Gasteiger partial charge in [-0.15, -0.1) is 0 Å². The minimum Gasteiger partial charge on any atom is -0.493 e. The standard InChI is InChI=1S/C17H22ClNO5/c1-4-24-15-13(18)7-12(8-14(15)23-3)16(20)19-9-11(17(21)22)6-5-10(19)2/h7-8,10-11H,4-6,9H2,1-3H3,(H,21,22). The third-order valence-electron chi connectivity index (χ3n) is 4.26. The number of carbonyl (C=O) groups is 2. The maximum Gasteiger partial charge on any atom is 0.308 e. The van der Waals surface area contributed by atoms with E-state index in [2.05, 4.69) is 0 Å². The van der Waals surface area contributed by atoms with Crippen LogP contribution in [0.1, 0.15) is 37.0 Å². The van der Waals surface area contributed by atoms with Crippen LogP contribution in [0.5, 0.6) is 11.5 Å². The van der Waals surface area contributed by atoms with Gasteiger partial charge in [-0.3, -0.25) is 9.59 Å². The lowest BCUT2D eigenvalue weighted by molar-refractivity contribution is -0.143. The first kappa shape index (κ1) is 18.4. The van der Waals surface area contributed by atoms with Crippen LogP contribution in [0.2, 0.25) is 5.02 Å². The largest absolute Gasteiger partial charge is 0.493 e. The van der Waals surface area contributed by atoms with Crippen LogP contribution in [-0.2, 0) is 4.79 Å². The molecule has 2 unspecified atom stereocenters. The van der Waals surface area contributed by atoms with Gasteiger partial charge in [0.2, 0.25) is 0 Å². The molecule has 1 heterocycles. The number of likely N-dealkylation sites (tertiary alicyclic amines) is 1. The number of nitrogens with zero attached hydrogens (tertiary/aromatic N) is 1. The molecule has 0 spiro atoms. The molecule has 0 saturated carbocycles. The van der Waals surface area contributed by atoms with Crippen LogP contribution in [0.3, 0.4) is 0 Å². The number of ether oxygens (including phenoxy) is 2. The number of methoxy groups -OCH3 is 1. The summed E-state index contributed by atoms with van der Waals surface area (Å²) in [7, 11) is 1.48. The lowest BCUT2D eigenvalue weighted by atomic mass is 9.93. The highest BCUT2D eigenvalue weighted by molar-refractivity contribution is 6.32. The zero-order chi connectivity index (χ0) is 17.9. The van der Waals surface area contributed by atoms with Crippen LogP contribution in [0.25, 0.3) is 0 Å². The average Bonchev–Trinajstić information content (AvgIpc) is 2.56. The maximum absolute atomic E-state index is 12.8. The molecular weight excluding hydrogens is 334 g/mol. The lowest BCUT2D eigenvalue weighted by Gasteiger charge is -2.36. The van der Waals surface area contributed by atoms with E-state index in [-0.39, 0.29) is 18.5 Å². The SMILES string of the molecule is CCOc1c(Cl)cc(C(=O)N2CC(C(=O)O)CCC2C)cc1OC. The molecule has 1 saturated heterocycles. The highest BCUT2D eigenvalue weighted by atomic mass is 35.5. The summed E-state index contributed by atoms with van der Waals surface area (Å²) >= 11 is 6.22. The van der Waals surface area contributed by atoms with Crippen LogP contribution in [0.15, 0.2) is 12.1 Å². The highest BCUT2D eigenvalue weighted by Gasteiger charge is 2.33. The Kier molecular flexibility index (Phi) is 5.94. The summed E-state index contributed by atoms with van der Waals surface area (Å²) in [5.41, 5.74) is 0.359. The van der Waals surface area contributed by atoms with Crippen LogP contribution in [0.4, 0.5) is 0 Å². The number of aliphatic carboxylic acids is 1. The molecule has 1 aromatic rings. The Morgan fingerprint density at radius 1 is 1.38 bits per heavy atom. The number of hydrogen-bond acceptors (Lipinski definition) is 4. The first-order valence-corrected chi connectivity index (χ1v) is 8.30. The Morgan fingerprint density at radius 2 is 2.08 bits per heavy atom. The smallest absolute Gasteiger partial charge is 0.308 e. The Hall–Kier alpha value is -1.95. The summed E-state index contributed by atoms with van der Waals surface area (Å²) in [5.74, 6) is -0.885. The van der Waals surface area contributed by atoms with Crippen molar-refractivity contribution < 1.29 is 24.2 Å². The molecule has 1 aliphatic rings. The van der Waals surface area contributed by atoms with E-state index >= 15 is 0 Å². The number of benzene rings is 1. The van der Waals surface area contributed by atoms with Crippen molar-refractivity contribution in [2.24, 2.45) is 5.92 Å². The second kappa shape index (κ2) is 7.75. The van der Waals surface area contributed by atoms with E-state index in [4.69, 9.17) is 21.1 Å². The van der Waals surface area contributed by atoms with Gasteiger partial charge >= 0.3 is 5.97 Å². The maximum atomic E-state index is 12.8. The number of piperidine rings is 1. The normalized spacial score (nSPS) is 20.6. The monoisotopic (exact) mass is 355 g/mol. The Bertz CT molecular complexity index is 634. The molecular formula is C17H22ClNO5. The second-order valence-electron chi connectivity index (χ2n) is 5.84. The molecule has 6 nitrogen and oxygen atoms in total. The quantitative estimate of drug-likeness (QED) is 0.878. The molecule has 2 rings (SSSR count). The molecule has 1 N–H and O–H groups in total. The van der Waals surface area contributed by atoms with Gasteiger partial charge in [-0.2, -0.15) is 0 Å². The Labute approximate surface area is 146 Å². The molecule has 2 atom stereocenters. The van der Waals surface area contributed by atoms with Gasteiger partial charge in [0.05, 0.1) is 24.7 Å². The van der Waals surface area contributed by atoms with Crippen molar-refractivity contribution in [2.45, 2.75) is 32.7 Å². The van der Waals surface area contributed by atoms with E-state index in [1.54, 1.807) is 11.0 Å². The van der Waals surface area contributed by atoms with Crippen molar-refractivity contribution in [3.05, 3.63) is 22.7 Å². The van der Waals surface area contributed by atoms with E-state index in [1.807, 2.05) is 13.8 Å². The zero-order valence-electron chi connectivity index (χ0n) is 14.0. The van der Waals surface area contributed by atoms with Crippen molar-refractivity contribution in [3.63, 3.8) is 0 Å². The van der Waals surface area contributed by atoms with Crippen LogP contribution >= 0.6 is 11.6 Å². The number of carbonyl (C=O) groups excluding carboxylic acids is 1. The van der Waals surface area contributed by atoms with Crippen molar-refractivity contribution in [1.29, 1.82) is 0 Å². The van der Waals surface area contributed by atoms with Crippen molar-refractivity contribution in [1.82, 2.24) is 4.90 Å². The number of carboxylic acid groups (broad SMARTS) is 1. The van der Waals surface area contributed by atoms with Gasteiger partial charge in [-0.25, -0.2) is 0 Å². The average molecular weight is 356 g/mol. The minimum atomic E-state index is -0.873. The molecule has 7 heteroatoms. The van der Waals surface area contributed by atoms with E-state index in [0.29, 0.717) is 41.5 Å². The van der Waals surface area contributed by atoms with Gasteiger partial charge in [0.25, 0.3) is 5.91 Å². The second-order valence-corrected chi connectivity index (χ2v) is 6.25. The molecule has 1 aromatic carbocycles. The molecule has 0 radical (unpaired) electrons. The van der Waals surface area contributed by atoms with Crippen LogP contribution in [0, 0.1) is 5.92 Å². The number of rotatable bonds is 5. The summed E-state index contributed by atoms with van der Waals surface area (Å²) in [6.45, 7) is 4.37. The number of amides is 1. The van der Waals surface area contributed by atoms with E-state index in [9.17, 15) is 14.7 Å². The summed E-state index contributed by atoms with van der Waals surface area (Å²) in [6.07, 6.45) is 1.23. The predicted octanol–water partition coefficient (Wildman–Crippen LogP) is 3.07. The summed E-state index contributed by atoms with van der Waals surface area (Å²) in [4.78, 5) is 25.7. The van der Waals surface area contributed by atoms with Crippen molar-refractivity contribution in [3.8, 4) is 11.5 Å². The van der Waals surface area contributed by atoms with Gasteiger partial charge < -0.3 is 19.5 Å². The lowest BCUT2D eigenvalue weighted by Crippen LogP contribution is -2.47. The van der Waals surface area contributed by atoms with Gasteiger partial charge in [0.15, 0.2) is 11.5 Å². The topological polar surface area (TPSA) is 76.1 Å². The molecule has 0 bridgehead atoms. The number of hydrogen-bond donors (Lipinski definition) is 1. The van der Waals surface area contributed by atoms with E-state index in [1.165, 1.54) is 13.2 Å². The highest BCUT2D eigenvalue weighted by Crippen LogP contribution is 2.37. The Morgan fingerprint density at radius 3 is 2.67 bits per heavy atom. The van der Waals surface area contributed by atoms with E-state index in [0.717, 1.165) is 0 Å². The zero-order valence-corrected chi connectivity index (χ0v) is 14.8. The summed E-state index contributed by atoms with van der Waals surface area (Å²) in [6, 6.07) is 3.09. The third-order valence-corrected chi connectivity index (χ3v) is 4.54. The Balaban J connectivity index is 2.31. The summed E-state index contributed by atoms with van der Waals surface area (Å²) < 4.78 is 10.7. The number of carboxylic acids is 1. The molecule has 1 amide bonds. The first-order chi connectivity index (χ1) is 11.4. The molecule has 0 aliphatic carbocycles. The molecule has 24 heavy (non-hydrogen) atoms. The van der Waals surface area contributed by atoms with Gasteiger partial charge in [0.1, 0.15) is 0 Å². The molecule has 0 aromatic heterocycles. The fraction of sp³-hybridized carbons (Fsp3) is 0.529. The van der Waals surface area contributed by atoms with Crippen LogP contribution < -0.4 is 9.47 Å². The van der Waals surface area contributed by atoms with Crippen molar-refractivity contribution in [2.75, 3.05) is 20.3 Å². The molecule has 1 aliphatic heterocycles. The fourth-order valence-electron chi connectivity index (χ4n) is 2.89. The van der Waals surface area contributed by atoms with Crippen LogP contribution in [-0.4, -0.2) is 48.2 Å². The van der Waals surface area contributed by atoms with Gasteiger partial charge in [-0.05, 0) is 38.8 Å². The third kappa shape index (κ3) is 3.75. The predicted molar refractivity (Wildman–Crippen MR) is 90.0 cm³/mol. The first-order valence-electron chi connectivity index (χ1n) is 7.93. The van der Waals surface area contributed by atoms with Gasteiger partial charge in [-0.1, -0.05) is 11.6 Å². The molecule has 132 valence electrons. The number of halogens is 1. The van der Waals surface area contributed by atoms with Crippen molar-refractivity contribution >= 4 is 23.5 Å².